The normalized spacial score (nSPS) is 11.6. The van der Waals surface area contributed by atoms with Gasteiger partial charge in [-0.1, -0.05) is 26.0 Å². The highest BCUT2D eigenvalue weighted by Crippen LogP contribution is 2.23. The molecule has 0 saturated carbocycles. The molecule has 0 saturated heterocycles. The predicted molar refractivity (Wildman–Crippen MR) is 74.3 cm³/mol. The Morgan fingerprint density at radius 1 is 1.29 bits per heavy atom. The molecular weight excluding hydrogens is 208 g/mol. The van der Waals surface area contributed by atoms with Crippen LogP contribution >= 0.6 is 0 Å². The minimum Gasteiger partial charge on any atom is -0.344 e. The molecule has 2 aromatic rings. The van der Waals surface area contributed by atoms with Crippen molar-refractivity contribution in [2.75, 3.05) is 0 Å². The molecule has 0 atom stereocenters. The first kappa shape index (κ1) is 12.2. The molecule has 0 aliphatic heterocycles. The summed E-state index contributed by atoms with van der Waals surface area (Å²) in [5.41, 5.74) is 4.10. The van der Waals surface area contributed by atoms with Crippen LogP contribution in [0, 0.1) is 6.92 Å². The van der Waals surface area contributed by atoms with Crippen molar-refractivity contribution in [2.24, 2.45) is 0 Å². The highest BCUT2D eigenvalue weighted by molar-refractivity contribution is 5.84. The molecular formula is C15H22N2. The Hall–Kier alpha value is -1.28. The standard InChI is InChI=1S/C15H22N2/c1-5-17-13(10-16-11(2)3)9-14-12(4)7-6-8-15(14)17/h6-9,11,16H,5,10H2,1-4H3. The molecule has 17 heavy (non-hydrogen) atoms. The van der Waals surface area contributed by atoms with Crippen LogP contribution in [0.25, 0.3) is 10.9 Å². The Morgan fingerprint density at radius 3 is 2.71 bits per heavy atom. The number of aryl methyl sites for hydroxylation is 2. The van der Waals surface area contributed by atoms with Gasteiger partial charge in [-0.15, -0.1) is 0 Å². The van der Waals surface area contributed by atoms with Gasteiger partial charge in [0.2, 0.25) is 0 Å². The topological polar surface area (TPSA) is 17.0 Å². The van der Waals surface area contributed by atoms with Crippen molar-refractivity contribution in [1.82, 2.24) is 9.88 Å². The first-order valence-electron chi connectivity index (χ1n) is 6.44. The first-order valence-corrected chi connectivity index (χ1v) is 6.44. The maximum absolute atomic E-state index is 3.50. The molecule has 92 valence electrons. The maximum Gasteiger partial charge on any atom is 0.0485 e. The number of rotatable bonds is 4. The molecule has 1 aromatic heterocycles. The molecule has 2 heteroatoms. The van der Waals surface area contributed by atoms with Crippen LogP contribution in [0.5, 0.6) is 0 Å². The fourth-order valence-electron chi connectivity index (χ4n) is 2.32. The second-order valence-corrected chi connectivity index (χ2v) is 4.92. The van der Waals surface area contributed by atoms with Crippen molar-refractivity contribution >= 4 is 10.9 Å². The monoisotopic (exact) mass is 230 g/mol. The van der Waals surface area contributed by atoms with Gasteiger partial charge in [-0.3, -0.25) is 0 Å². The fourth-order valence-corrected chi connectivity index (χ4v) is 2.32. The third-order valence-corrected chi connectivity index (χ3v) is 3.26. The Labute approximate surface area is 104 Å². The van der Waals surface area contributed by atoms with Gasteiger partial charge in [0.25, 0.3) is 0 Å². The van der Waals surface area contributed by atoms with E-state index in [1.54, 1.807) is 0 Å². The molecule has 1 heterocycles. The summed E-state index contributed by atoms with van der Waals surface area (Å²) in [4.78, 5) is 0. The molecule has 2 nitrogen and oxygen atoms in total. The minimum absolute atomic E-state index is 0.527. The van der Waals surface area contributed by atoms with E-state index in [9.17, 15) is 0 Å². The van der Waals surface area contributed by atoms with E-state index in [1.165, 1.54) is 22.2 Å². The lowest BCUT2D eigenvalue weighted by Gasteiger charge is -2.11. The van der Waals surface area contributed by atoms with Crippen molar-refractivity contribution < 1.29 is 0 Å². The summed E-state index contributed by atoms with van der Waals surface area (Å²) in [6.07, 6.45) is 0. The van der Waals surface area contributed by atoms with E-state index in [1.807, 2.05) is 0 Å². The van der Waals surface area contributed by atoms with Crippen LogP contribution in [0.1, 0.15) is 32.0 Å². The van der Waals surface area contributed by atoms with Gasteiger partial charge in [-0.05, 0) is 31.5 Å². The van der Waals surface area contributed by atoms with Gasteiger partial charge >= 0.3 is 0 Å². The fraction of sp³-hybridized carbons (Fsp3) is 0.467. The first-order chi connectivity index (χ1) is 8.13. The van der Waals surface area contributed by atoms with Crippen molar-refractivity contribution in [3.05, 3.63) is 35.5 Å². The van der Waals surface area contributed by atoms with E-state index < -0.39 is 0 Å². The molecule has 0 bridgehead atoms. The molecule has 0 amide bonds. The predicted octanol–water partition coefficient (Wildman–Crippen LogP) is 3.47. The number of benzene rings is 1. The van der Waals surface area contributed by atoms with Crippen LogP contribution in [0.15, 0.2) is 24.3 Å². The summed E-state index contributed by atoms with van der Waals surface area (Å²) in [6.45, 7) is 10.7. The Morgan fingerprint density at radius 2 is 2.06 bits per heavy atom. The lowest BCUT2D eigenvalue weighted by Crippen LogP contribution is -2.23. The lowest BCUT2D eigenvalue weighted by molar-refractivity contribution is 0.564. The van der Waals surface area contributed by atoms with Crippen molar-refractivity contribution in [3.63, 3.8) is 0 Å². The molecule has 1 N–H and O–H groups in total. The lowest BCUT2D eigenvalue weighted by atomic mass is 10.1. The van der Waals surface area contributed by atoms with E-state index in [0.29, 0.717) is 6.04 Å². The van der Waals surface area contributed by atoms with Gasteiger partial charge in [0.1, 0.15) is 0 Å². The number of nitrogens with zero attached hydrogens (tertiary/aromatic N) is 1. The Bertz CT molecular complexity index is 509. The molecule has 1 aromatic carbocycles. The third kappa shape index (κ3) is 2.37. The number of aromatic nitrogens is 1. The number of hydrogen-bond acceptors (Lipinski definition) is 1. The zero-order chi connectivity index (χ0) is 12.4. The summed E-state index contributed by atoms with van der Waals surface area (Å²) in [6, 6.07) is 9.39. The van der Waals surface area contributed by atoms with E-state index in [0.717, 1.165) is 13.1 Å². The molecule has 0 spiro atoms. The summed E-state index contributed by atoms with van der Waals surface area (Å²) in [5, 5.41) is 4.88. The Balaban J connectivity index is 2.44. The number of nitrogens with one attached hydrogen (secondary N) is 1. The summed E-state index contributed by atoms with van der Waals surface area (Å²) >= 11 is 0. The summed E-state index contributed by atoms with van der Waals surface area (Å²) < 4.78 is 2.40. The van der Waals surface area contributed by atoms with Gasteiger partial charge in [0.05, 0.1) is 0 Å². The van der Waals surface area contributed by atoms with Crippen molar-refractivity contribution in [1.29, 1.82) is 0 Å². The van der Waals surface area contributed by atoms with Gasteiger partial charge in [0, 0.05) is 35.7 Å². The quantitative estimate of drug-likeness (QED) is 0.851. The van der Waals surface area contributed by atoms with Crippen LogP contribution in [0.2, 0.25) is 0 Å². The molecule has 0 unspecified atom stereocenters. The zero-order valence-electron chi connectivity index (χ0n) is 11.2. The van der Waals surface area contributed by atoms with E-state index in [4.69, 9.17) is 0 Å². The van der Waals surface area contributed by atoms with E-state index in [2.05, 4.69) is 61.8 Å². The second-order valence-electron chi connectivity index (χ2n) is 4.92. The van der Waals surface area contributed by atoms with Crippen LogP contribution in [0.3, 0.4) is 0 Å². The van der Waals surface area contributed by atoms with Crippen LogP contribution in [-0.2, 0) is 13.1 Å². The SMILES string of the molecule is CCn1c(CNC(C)C)cc2c(C)cccc21. The van der Waals surface area contributed by atoms with Crippen LogP contribution in [-0.4, -0.2) is 10.6 Å². The van der Waals surface area contributed by atoms with Crippen molar-refractivity contribution in [3.8, 4) is 0 Å². The average molecular weight is 230 g/mol. The van der Waals surface area contributed by atoms with Crippen molar-refractivity contribution in [2.45, 2.75) is 46.8 Å². The maximum atomic E-state index is 3.50. The van der Waals surface area contributed by atoms with Gasteiger partial charge in [0.15, 0.2) is 0 Å². The van der Waals surface area contributed by atoms with Crippen LogP contribution in [0.4, 0.5) is 0 Å². The number of hydrogen-bond donors (Lipinski definition) is 1. The van der Waals surface area contributed by atoms with Gasteiger partial charge < -0.3 is 9.88 Å². The molecule has 0 fully saturated rings. The van der Waals surface area contributed by atoms with Gasteiger partial charge in [-0.25, -0.2) is 0 Å². The third-order valence-electron chi connectivity index (χ3n) is 3.26. The minimum atomic E-state index is 0.527. The van der Waals surface area contributed by atoms with E-state index in [-0.39, 0.29) is 0 Å². The molecule has 0 aliphatic carbocycles. The zero-order valence-corrected chi connectivity index (χ0v) is 11.2. The molecule has 0 aliphatic rings. The summed E-state index contributed by atoms with van der Waals surface area (Å²) in [7, 11) is 0. The average Bonchev–Trinajstić information content (AvgIpc) is 2.65. The highest BCUT2D eigenvalue weighted by atomic mass is 15.0. The van der Waals surface area contributed by atoms with E-state index >= 15 is 0 Å². The summed E-state index contributed by atoms with van der Waals surface area (Å²) in [5.74, 6) is 0. The largest absolute Gasteiger partial charge is 0.344 e. The number of fused-ring (bicyclic) bond motifs is 1. The van der Waals surface area contributed by atoms with Gasteiger partial charge in [-0.2, -0.15) is 0 Å². The highest BCUT2D eigenvalue weighted by Gasteiger charge is 2.08. The van der Waals surface area contributed by atoms with Crippen LogP contribution < -0.4 is 5.32 Å². The Kier molecular flexibility index (Phi) is 3.53. The molecule has 2 rings (SSSR count). The second kappa shape index (κ2) is 4.92. The smallest absolute Gasteiger partial charge is 0.0485 e. The molecule has 0 radical (unpaired) electrons.